The molecule has 3 rings (SSSR count). The minimum atomic E-state index is 0.0863. The maximum Gasteiger partial charge on any atom is 0.246 e. The third kappa shape index (κ3) is 2.90. The average Bonchev–Trinajstić information content (AvgIpc) is 3.03. The van der Waals surface area contributed by atoms with Crippen LogP contribution in [0.3, 0.4) is 0 Å². The summed E-state index contributed by atoms with van der Waals surface area (Å²) < 4.78 is 1.81. The first-order valence-corrected chi connectivity index (χ1v) is 7.02. The monoisotopic (exact) mass is 274 g/mol. The van der Waals surface area contributed by atoms with Crippen LogP contribution in [0.2, 0.25) is 0 Å². The molecule has 2 aromatic rings. The molecule has 98 valence electrons. The van der Waals surface area contributed by atoms with Gasteiger partial charge < -0.3 is 4.90 Å². The van der Waals surface area contributed by atoms with Crippen molar-refractivity contribution in [3.8, 4) is 0 Å². The van der Waals surface area contributed by atoms with E-state index in [1.54, 1.807) is 23.7 Å². The lowest BCUT2D eigenvalue weighted by molar-refractivity contribution is -0.132. The minimum absolute atomic E-state index is 0.0863. The molecule has 1 amide bonds. The molecule has 1 fully saturated rings. The number of aromatic nitrogens is 3. The Morgan fingerprint density at radius 2 is 2.42 bits per heavy atom. The fourth-order valence-corrected chi connectivity index (χ4v) is 2.72. The molecule has 3 heterocycles. The van der Waals surface area contributed by atoms with Gasteiger partial charge in [0.1, 0.15) is 12.7 Å². The van der Waals surface area contributed by atoms with Gasteiger partial charge in [-0.25, -0.2) is 4.98 Å². The molecule has 19 heavy (non-hydrogen) atoms. The highest BCUT2D eigenvalue weighted by atomic mass is 32.1. The average molecular weight is 274 g/mol. The van der Waals surface area contributed by atoms with Crippen molar-refractivity contribution < 1.29 is 4.79 Å². The molecular formula is C13H14N4OS. The highest BCUT2D eigenvalue weighted by Crippen LogP contribution is 2.18. The van der Waals surface area contributed by atoms with Crippen LogP contribution in [0.15, 0.2) is 36.2 Å². The van der Waals surface area contributed by atoms with Gasteiger partial charge in [-0.1, -0.05) is 6.07 Å². The summed E-state index contributed by atoms with van der Waals surface area (Å²) in [6.07, 6.45) is 6.77. The third-order valence-corrected chi connectivity index (χ3v) is 3.95. The number of carbonyl (C=O) groups excluding carboxylic acids is 1. The Kier molecular flexibility index (Phi) is 3.41. The van der Waals surface area contributed by atoms with Crippen LogP contribution in [0, 0.1) is 5.92 Å². The highest BCUT2D eigenvalue weighted by Gasteiger charge is 2.29. The van der Waals surface area contributed by atoms with E-state index in [0.29, 0.717) is 5.92 Å². The van der Waals surface area contributed by atoms with E-state index >= 15 is 0 Å². The number of hydrogen-bond acceptors (Lipinski definition) is 4. The van der Waals surface area contributed by atoms with Crippen molar-refractivity contribution in [2.45, 2.75) is 6.54 Å². The lowest BCUT2D eigenvalue weighted by atomic mass is 10.0. The molecule has 0 N–H and O–H groups in total. The largest absolute Gasteiger partial charge is 0.338 e. The van der Waals surface area contributed by atoms with E-state index in [0.717, 1.165) is 24.5 Å². The van der Waals surface area contributed by atoms with Gasteiger partial charge in [0, 0.05) is 36.5 Å². The van der Waals surface area contributed by atoms with Gasteiger partial charge in [0.05, 0.1) is 0 Å². The topological polar surface area (TPSA) is 51.0 Å². The normalized spacial score (nSPS) is 15.9. The lowest BCUT2D eigenvalue weighted by Gasteiger charge is -2.38. The van der Waals surface area contributed by atoms with E-state index in [9.17, 15) is 4.79 Å². The van der Waals surface area contributed by atoms with E-state index in [4.69, 9.17) is 0 Å². The number of carbonyl (C=O) groups is 1. The fraction of sp³-hybridized carbons (Fsp3) is 0.308. The Labute approximate surface area is 115 Å². The molecule has 6 heteroatoms. The predicted molar refractivity (Wildman–Crippen MR) is 73.4 cm³/mol. The van der Waals surface area contributed by atoms with Crippen LogP contribution in [0.1, 0.15) is 4.88 Å². The second-order valence-corrected chi connectivity index (χ2v) is 5.55. The Bertz CT molecular complexity index is 555. The molecule has 2 aromatic heterocycles. The molecule has 0 bridgehead atoms. The summed E-state index contributed by atoms with van der Waals surface area (Å²) in [7, 11) is 0. The van der Waals surface area contributed by atoms with E-state index < -0.39 is 0 Å². The predicted octanol–water partition coefficient (Wildman–Crippen LogP) is 1.51. The van der Waals surface area contributed by atoms with Crippen molar-refractivity contribution in [1.29, 1.82) is 0 Å². The summed E-state index contributed by atoms with van der Waals surface area (Å²) >= 11 is 1.63. The van der Waals surface area contributed by atoms with Gasteiger partial charge in [0.15, 0.2) is 0 Å². The summed E-state index contributed by atoms with van der Waals surface area (Å²) in [4.78, 5) is 18.7. The maximum atomic E-state index is 11.9. The second-order valence-electron chi connectivity index (χ2n) is 4.58. The molecular weight excluding hydrogens is 260 g/mol. The van der Waals surface area contributed by atoms with E-state index in [2.05, 4.69) is 10.1 Å². The maximum absolute atomic E-state index is 11.9. The molecule has 0 saturated carbocycles. The van der Waals surface area contributed by atoms with Gasteiger partial charge >= 0.3 is 0 Å². The smallest absolute Gasteiger partial charge is 0.246 e. The van der Waals surface area contributed by atoms with Crippen molar-refractivity contribution in [2.24, 2.45) is 5.92 Å². The molecule has 0 aromatic carbocycles. The van der Waals surface area contributed by atoms with Gasteiger partial charge in [0.25, 0.3) is 0 Å². The first-order valence-electron chi connectivity index (χ1n) is 6.14. The van der Waals surface area contributed by atoms with Gasteiger partial charge in [-0.15, -0.1) is 11.3 Å². The van der Waals surface area contributed by atoms with Crippen LogP contribution in [0.5, 0.6) is 0 Å². The van der Waals surface area contributed by atoms with Crippen LogP contribution in [0.4, 0.5) is 0 Å². The van der Waals surface area contributed by atoms with Gasteiger partial charge in [-0.2, -0.15) is 5.10 Å². The zero-order valence-electron chi connectivity index (χ0n) is 10.3. The molecule has 0 spiro atoms. The van der Waals surface area contributed by atoms with Crippen LogP contribution < -0.4 is 0 Å². The number of likely N-dealkylation sites (tertiary alicyclic amines) is 1. The number of nitrogens with zero attached hydrogens (tertiary/aromatic N) is 4. The summed E-state index contributed by atoms with van der Waals surface area (Å²) in [5, 5.41) is 6.07. The number of rotatable bonds is 4. The first-order chi connectivity index (χ1) is 9.31. The summed E-state index contributed by atoms with van der Waals surface area (Å²) in [6.45, 7) is 2.43. The molecule has 5 nitrogen and oxygen atoms in total. The Balaban J connectivity index is 1.46. The van der Waals surface area contributed by atoms with Crippen molar-refractivity contribution in [3.63, 3.8) is 0 Å². The number of thiophene rings is 1. The fourth-order valence-electron chi connectivity index (χ4n) is 2.10. The minimum Gasteiger partial charge on any atom is -0.338 e. The summed E-state index contributed by atoms with van der Waals surface area (Å²) in [5.41, 5.74) is 0. The molecule has 0 radical (unpaired) electrons. The van der Waals surface area contributed by atoms with Crippen molar-refractivity contribution in [2.75, 3.05) is 13.1 Å². The zero-order valence-corrected chi connectivity index (χ0v) is 11.2. The van der Waals surface area contributed by atoms with Crippen LogP contribution in [-0.2, 0) is 11.3 Å². The summed E-state index contributed by atoms with van der Waals surface area (Å²) in [6, 6.07) is 3.98. The van der Waals surface area contributed by atoms with Crippen molar-refractivity contribution >= 4 is 23.3 Å². The SMILES string of the molecule is O=C(C=Cc1cccs1)N1CC(Cn2cncn2)C1. The molecule has 1 saturated heterocycles. The number of amides is 1. The highest BCUT2D eigenvalue weighted by molar-refractivity contribution is 7.10. The molecule has 1 aliphatic rings. The van der Waals surface area contributed by atoms with Gasteiger partial charge in [0.2, 0.25) is 5.91 Å². The summed E-state index contributed by atoms with van der Waals surface area (Å²) in [5.74, 6) is 0.573. The lowest BCUT2D eigenvalue weighted by Crippen LogP contribution is -2.50. The Morgan fingerprint density at radius 3 is 3.11 bits per heavy atom. The van der Waals surface area contributed by atoms with Crippen LogP contribution in [-0.4, -0.2) is 38.7 Å². The van der Waals surface area contributed by atoms with Crippen LogP contribution >= 0.6 is 11.3 Å². The number of hydrogen-bond donors (Lipinski definition) is 0. The van der Waals surface area contributed by atoms with E-state index in [1.165, 1.54) is 6.33 Å². The van der Waals surface area contributed by atoms with Crippen LogP contribution in [0.25, 0.3) is 6.08 Å². The van der Waals surface area contributed by atoms with Gasteiger partial charge in [-0.05, 0) is 17.5 Å². The molecule has 1 aliphatic heterocycles. The van der Waals surface area contributed by atoms with Gasteiger partial charge in [-0.3, -0.25) is 9.48 Å². The van der Waals surface area contributed by atoms with E-state index in [-0.39, 0.29) is 5.91 Å². The standard InChI is InChI=1S/C13H14N4OS/c18-13(4-3-12-2-1-5-19-12)16-6-11(7-16)8-17-10-14-9-15-17/h1-5,9-11H,6-8H2. The molecule has 0 unspecified atom stereocenters. The quantitative estimate of drug-likeness (QED) is 0.794. The third-order valence-electron chi connectivity index (χ3n) is 3.11. The van der Waals surface area contributed by atoms with Crippen molar-refractivity contribution in [3.05, 3.63) is 41.1 Å². The Morgan fingerprint density at radius 1 is 1.53 bits per heavy atom. The Hall–Kier alpha value is -1.95. The second kappa shape index (κ2) is 5.36. The van der Waals surface area contributed by atoms with E-state index in [1.807, 2.05) is 33.2 Å². The zero-order chi connectivity index (χ0) is 13.1. The first kappa shape index (κ1) is 12.1. The molecule has 0 atom stereocenters. The molecule has 0 aliphatic carbocycles. The van der Waals surface area contributed by atoms with Crippen molar-refractivity contribution in [1.82, 2.24) is 19.7 Å².